The van der Waals surface area contributed by atoms with Gasteiger partial charge in [-0.25, -0.2) is 0 Å². The van der Waals surface area contributed by atoms with Crippen LogP contribution in [0.2, 0.25) is 0 Å². The number of hydrogen-bond acceptors (Lipinski definition) is 2. The smallest absolute Gasteiger partial charge is 0.122 e. The van der Waals surface area contributed by atoms with Gasteiger partial charge in [-0.15, -0.1) is 0 Å². The number of benzene rings is 1. The Morgan fingerprint density at radius 2 is 2.19 bits per heavy atom. The van der Waals surface area contributed by atoms with Gasteiger partial charge in [0.05, 0.1) is 6.61 Å². The van der Waals surface area contributed by atoms with Gasteiger partial charge in [0.1, 0.15) is 5.75 Å². The van der Waals surface area contributed by atoms with Crippen LogP contribution in [0.4, 0.5) is 0 Å². The van der Waals surface area contributed by atoms with E-state index in [1.54, 1.807) is 0 Å². The normalized spacial score (nSPS) is 25.7. The van der Waals surface area contributed by atoms with Crippen molar-refractivity contribution in [3.63, 3.8) is 0 Å². The van der Waals surface area contributed by atoms with Crippen LogP contribution < -0.4 is 10.1 Å². The van der Waals surface area contributed by atoms with E-state index in [9.17, 15) is 0 Å². The predicted molar refractivity (Wildman–Crippen MR) is 67.0 cm³/mol. The van der Waals surface area contributed by atoms with Gasteiger partial charge >= 0.3 is 0 Å². The third kappa shape index (κ3) is 1.94. The van der Waals surface area contributed by atoms with Crippen molar-refractivity contribution in [2.24, 2.45) is 5.92 Å². The van der Waals surface area contributed by atoms with Crippen molar-refractivity contribution in [3.8, 4) is 5.75 Å². The van der Waals surface area contributed by atoms with E-state index in [-0.39, 0.29) is 0 Å². The Labute approximate surface area is 98.0 Å². The number of fused-ring (bicyclic) bond motifs is 1. The Bertz CT molecular complexity index is 346. The number of hydrogen-bond donors (Lipinski definition) is 1. The van der Waals surface area contributed by atoms with E-state index in [2.05, 4.69) is 44.4 Å². The average molecular weight is 219 g/mol. The van der Waals surface area contributed by atoms with Crippen LogP contribution in [0, 0.1) is 5.92 Å². The Kier molecular flexibility index (Phi) is 3.49. The molecule has 88 valence electrons. The van der Waals surface area contributed by atoms with Gasteiger partial charge in [-0.3, -0.25) is 0 Å². The Balaban J connectivity index is 2.36. The zero-order chi connectivity index (χ0) is 11.5. The standard InChI is InChI=1S/C14H21NO/c1-4-12(15-3)14-10(2)9-16-13-8-6-5-7-11(13)14/h5-8,10,12,14-15H,4,9H2,1-3H3. The minimum atomic E-state index is 0.542. The number of likely N-dealkylation sites (N-methyl/N-ethyl adjacent to an activating group) is 1. The molecule has 3 unspecified atom stereocenters. The fraction of sp³-hybridized carbons (Fsp3) is 0.571. The topological polar surface area (TPSA) is 21.3 Å². The van der Waals surface area contributed by atoms with Crippen LogP contribution >= 0.6 is 0 Å². The highest BCUT2D eigenvalue weighted by molar-refractivity contribution is 5.39. The van der Waals surface area contributed by atoms with Crippen LogP contribution in [0.1, 0.15) is 31.7 Å². The molecule has 1 heterocycles. The van der Waals surface area contributed by atoms with Crippen molar-refractivity contribution in [2.45, 2.75) is 32.2 Å². The molecule has 1 aliphatic heterocycles. The van der Waals surface area contributed by atoms with Crippen molar-refractivity contribution in [2.75, 3.05) is 13.7 Å². The first-order valence-corrected chi connectivity index (χ1v) is 6.17. The molecular formula is C14H21NO. The minimum absolute atomic E-state index is 0.542. The lowest BCUT2D eigenvalue weighted by atomic mass is 9.79. The predicted octanol–water partition coefficient (Wildman–Crippen LogP) is 2.80. The largest absolute Gasteiger partial charge is 0.493 e. The first-order chi connectivity index (χ1) is 7.77. The number of nitrogens with one attached hydrogen (secondary N) is 1. The summed E-state index contributed by atoms with van der Waals surface area (Å²) in [6.07, 6.45) is 1.15. The van der Waals surface area contributed by atoms with E-state index in [1.165, 1.54) is 5.56 Å². The van der Waals surface area contributed by atoms with Crippen LogP contribution in [0.5, 0.6) is 5.75 Å². The molecule has 0 fully saturated rings. The van der Waals surface area contributed by atoms with Gasteiger partial charge in [-0.1, -0.05) is 32.0 Å². The van der Waals surface area contributed by atoms with Gasteiger partial charge < -0.3 is 10.1 Å². The van der Waals surface area contributed by atoms with Crippen molar-refractivity contribution in [1.29, 1.82) is 0 Å². The SMILES string of the molecule is CCC(NC)C1c2ccccc2OCC1C. The van der Waals surface area contributed by atoms with E-state index in [0.717, 1.165) is 18.8 Å². The molecule has 0 radical (unpaired) electrons. The highest BCUT2D eigenvalue weighted by atomic mass is 16.5. The summed E-state index contributed by atoms with van der Waals surface area (Å²) in [5.41, 5.74) is 1.36. The van der Waals surface area contributed by atoms with Gasteiger partial charge in [0.2, 0.25) is 0 Å². The monoisotopic (exact) mass is 219 g/mol. The van der Waals surface area contributed by atoms with Crippen molar-refractivity contribution < 1.29 is 4.74 Å². The lowest BCUT2D eigenvalue weighted by Gasteiger charge is -2.36. The zero-order valence-corrected chi connectivity index (χ0v) is 10.4. The van der Waals surface area contributed by atoms with Gasteiger partial charge in [0.15, 0.2) is 0 Å². The fourth-order valence-electron chi connectivity index (χ4n) is 2.77. The Hall–Kier alpha value is -1.02. The average Bonchev–Trinajstić information content (AvgIpc) is 2.33. The summed E-state index contributed by atoms with van der Waals surface area (Å²) < 4.78 is 5.78. The van der Waals surface area contributed by atoms with E-state index >= 15 is 0 Å². The van der Waals surface area contributed by atoms with Gasteiger partial charge in [0, 0.05) is 12.0 Å². The van der Waals surface area contributed by atoms with Gasteiger partial charge in [-0.2, -0.15) is 0 Å². The summed E-state index contributed by atoms with van der Waals surface area (Å²) in [6, 6.07) is 8.98. The van der Waals surface area contributed by atoms with Crippen molar-refractivity contribution in [1.82, 2.24) is 5.32 Å². The maximum absolute atomic E-state index is 5.78. The van der Waals surface area contributed by atoms with E-state index in [1.807, 2.05) is 6.07 Å². The molecular weight excluding hydrogens is 198 g/mol. The van der Waals surface area contributed by atoms with E-state index in [0.29, 0.717) is 17.9 Å². The molecule has 1 aromatic rings. The summed E-state index contributed by atoms with van der Waals surface area (Å²) in [5, 5.41) is 3.44. The second-order valence-corrected chi connectivity index (χ2v) is 4.66. The fourth-order valence-corrected chi connectivity index (χ4v) is 2.77. The van der Waals surface area contributed by atoms with Crippen LogP contribution in [0.15, 0.2) is 24.3 Å². The highest BCUT2D eigenvalue weighted by Crippen LogP contribution is 2.39. The summed E-state index contributed by atoms with van der Waals surface area (Å²) in [6.45, 7) is 5.35. The number of ether oxygens (including phenoxy) is 1. The second-order valence-electron chi connectivity index (χ2n) is 4.66. The molecule has 2 heteroatoms. The highest BCUT2D eigenvalue weighted by Gasteiger charge is 2.32. The molecule has 0 aromatic heterocycles. The molecule has 0 saturated carbocycles. The molecule has 2 nitrogen and oxygen atoms in total. The molecule has 2 rings (SSSR count). The lowest BCUT2D eigenvalue weighted by molar-refractivity contribution is 0.183. The van der Waals surface area contributed by atoms with E-state index < -0.39 is 0 Å². The molecule has 0 aliphatic carbocycles. The molecule has 1 N–H and O–H groups in total. The van der Waals surface area contributed by atoms with Gasteiger partial charge in [-0.05, 0) is 31.0 Å². The summed E-state index contributed by atoms with van der Waals surface area (Å²) >= 11 is 0. The summed E-state index contributed by atoms with van der Waals surface area (Å²) in [7, 11) is 2.05. The lowest BCUT2D eigenvalue weighted by Crippen LogP contribution is -2.39. The molecule has 0 saturated heterocycles. The third-order valence-corrected chi connectivity index (χ3v) is 3.64. The first kappa shape index (κ1) is 11.5. The van der Waals surface area contributed by atoms with Gasteiger partial charge in [0.25, 0.3) is 0 Å². The summed E-state index contributed by atoms with van der Waals surface area (Å²) in [4.78, 5) is 0. The minimum Gasteiger partial charge on any atom is -0.493 e. The molecule has 16 heavy (non-hydrogen) atoms. The van der Waals surface area contributed by atoms with Crippen molar-refractivity contribution in [3.05, 3.63) is 29.8 Å². The van der Waals surface area contributed by atoms with Crippen LogP contribution in [0.3, 0.4) is 0 Å². The Morgan fingerprint density at radius 3 is 2.88 bits per heavy atom. The maximum atomic E-state index is 5.78. The third-order valence-electron chi connectivity index (χ3n) is 3.64. The first-order valence-electron chi connectivity index (χ1n) is 6.17. The van der Waals surface area contributed by atoms with E-state index in [4.69, 9.17) is 4.74 Å². The van der Waals surface area contributed by atoms with Crippen LogP contribution in [0.25, 0.3) is 0 Å². The van der Waals surface area contributed by atoms with Crippen LogP contribution in [-0.4, -0.2) is 19.7 Å². The molecule has 1 aliphatic rings. The summed E-state index contributed by atoms with van der Waals surface area (Å²) in [5.74, 6) is 2.21. The zero-order valence-electron chi connectivity index (χ0n) is 10.4. The molecule has 1 aromatic carbocycles. The molecule has 3 atom stereocenters. The molecule has 0 amide bonds. The Morgan fingerprint density at radius 1 is 1.44 bits per heavy atom. The molecule has 0 bridgehead atoms. The number of para-hydroxylation sites is 1. The maximum Gasteiger partial charge on any atom is 0.122 e. The van der Waals surface area contributed by atoms with Crippen LogP contribution in [-0.2, 0) is 0 Å². The van der Waals surface area contributed by atoms with Crippen molar-refractivity contribution >= 4 is 0 Å². The second kappa shape index (κ2) is 4.88. The molecule has 0 spiro atoms. The number of rotatable bonds is 3. The quantitative estimate of drug-likeness (QED) is 0.844.